The molecule has 1 saturated carbocycles. The molecule has 12 heavy (non-hydrogen) atoms. The van der Waals surface area contributed by atoms with E-state index in [1.54, 1.807) is 0 Å². The largest absolute Gasteiger partial charge is 0.361 e. The lowest BCUT2D eigenvalue weighted by Gasteiger charge is -1.95. The van der Waals surface area contributed by atoms with Gasteiger partial charge in [-0.25, -0.2) is 0 Å². The quantitative estimate of drug-likeness (QED) is 0.741. The SMILES string of the molecule is CCc1c(CN)noc1C1CC1. The van der Waals surface area contributed by atoms with Crippen LogP contribution in [-0.2, 0) is 13.0 Å². The van der Waals surface area contributed by atoms with Crippen LogP contribution in [0, 0.1) is 0 Å². The van der Waals surface area contributed by atoms with E-state index in [9.17, 15) is 0 Å². The predicted octanol–water partition coefficient (Wildman–Crippen LogP) is 1.57. The van der Waals surface area contributed by atoms with Crippen LogP contribution < -0.4 is 5.73 Å². The van der Waals surface area contributed by atoms with E-state index in [1.165, 1.54) is 18.4 Å². The summed E-state index contributed by atoms with van der Waals surface area (Å²) in [5.74, 6) is 1.74. The van der Waals surface area contributed by atoms with Crippen LogP contribution in [-0.4, -0.2) is 5.16 Å². The molecule has 0 unspecified atom stereocenters. The molecule has 0 spiro atoms. The Hall–Kier alpha value is -0.830. The summed E-state index contributed by atoms with van der Waals surface area (Å²) in [5.41, 5.74) is 7.73. The van der Waals surface area contributed by atoms with E-state index >= 15 is 0 Å². The highest BCUT2D eigenvalue weighted by Gasteiger charge is 2.31. The monoisotopic (exact) mass is 166 g/mol. The van der Waals surface area contributed by atoms with Crippen molar-refractivity contribution in [3.05, 3.63) is 17.0 Å². The van der Waals surface area contributed by atoms with E-state index in [-0.39, 0.29) is 0 Å². The molecular weight excluding hydrogens is 152 g/mol. The first kappa shape index (κ1) is 7.80. The Morgan fingerprint density at radius 2 is 2.33 bits per heavy atom. The summed E-state index contributed by atoms with van der Waals surface area (Å²) in [6, 6.07) is 0. The molecule has 1 heterocycles. The fourth-order valence-electron chi connectivity index (χ4n) is 1.56. The predicted molar refractivity (Wildman–Crippen MR) is 45.7 cm³/mol. The summed E-state index contributed by atoms with van der Waals surface area (Å²) >= 11 is 0. The van der Waals surface area contributed by atoms with Crippen LogP contribution in [0.2, 0.25) is 0 Å². The van der Waals surface area contributed by atoms with E-state index in [0.717, 1.165) is 17.9 Å². The van der Waals surface area contributed by atoms with E-state index < -0.39 is 0 Å². The molecule has 2 rings (SSSR count). The highest BCUT2D eigenvalue weighted by molar-refractivity contribution is 5.28. The second-order valence-corrected chi connectivity index (χ2v) is 3.30. The molecule has 2 N–H and O–H groups in total. The zero-order chi connectivity index (χ0) is 8.55. The third kappa shape index (κ3) is 1.14. The van der Waals surface area contributed by atoms with Crippen molar-refractivity contribution in [1.82, 2.24) is 5.16 Å². The molecule has 1 fully saturated rings. The molecule has 1 aromatic rings. The zero-order valence-electron chi connectivity index (χ0n) is 7.34. The van der Waals surface area contributed by atoms with Gasteiger partial charge in [-0.3, -0.25) is 0 Å². The molecule has 0 aliphatic heterocycles. The topological polar surface area (TPSA) is 52.0 Å². The molecule has 0 saturated heterocycles. The van der Waals surface area contributed by atoms with Crippen LogP contribution in [0.1, 0.15) is 42.7 Å². The standard InChI is InChI=1S/C9H14N2O/c1-2-7-8(5-10)11-12-9(7)6-3-4-6/h6H,2-5,10H2,1H3. The van der Waals surface area contributed by atoms with Crippen LogP contribution in [0.3, 0.4) is 0 Å². The Kier molecular flexibility index (Phi) is 1.89. The van der Waals surface area contributed by atoms with E-state index in [2.05, 4.69) is 12.1 Å². The maximum Gasteiger partial charge on any atom is 0.143 e. The highest BCUT2D eigenvalue weighted by Crippen LogP contribution is 2.42. The van der Waals surface area contributed by atoms with Crippen molar-refractivity contribution < 1.29 is 4.52 Å². The minimum Gasteiger partial charge on any atom is -0.361 e. The first-order valence-corrected chi connectivity index (χ1v) is 4.54. The van der Waals surface area contributed by atoms with Gasteiger partial charge in [0.25, 0.3) is 0 Å². The minimum atomic E-state index is 0.499. The molecule has 0 bridgehead atoms. The molecular formula is C9H14N2O. The fourth-order valence-corrected chi connectivity index (χ4v) is 1.56. The minimum absolute atomic E-state index is 0.499. The molecule has 1 aliphatic carbocycles. The van der Waals surface area contributed by atoms with Crippen LogP contribution in [0.15, 0.2) is 4.52 Å². The highest BCUT2D eigenvalue weighted by atomic mass is 16.5. The summed E-state index contributed by atoms with van der Waals surface area (Å²) in [6.45, 7) is 2.62. The second-order valence-electron chi connectivity index (χ2n) is 3.30. The summed E-state index contributed by atoms with van der Waals surface area (Å²) in [4.78, 5) is 0. The molecule has 0 atom stereocenters. The van der Waals surface area contributed by atoms with Crippen molar-refractivity contribution in [2.45, 2.75) is 38.6 Å². The van der Waals surface area contributed by atoms with Crippen molar-refractivity contribution in [2.24, 2.45) is 5.73 Å². The van der Waals surface area contributed by atoms with Gasteiger partial charge < -0.3 is 10.3 Å². The first-order valence-electron chi connectivity index (χ1n) is 4.54. The Morgan fingerprint density at radius 1 is 1.58 bits per heavy atom. The third-order valence-electron chi connectivity index (χ3n) is 2.40. The summed E-state index contributed by atoms with van der Waals surface area (Å²) < 4.78 is 5.27. The van der Waals surface area contributed by atoms with Gasteiger partial charge in [0.2, 0.25) is 0 Å². The molecule has 3 heteroatoms. The Morgan fingerprint density at radius 3 is 2.83 bits per heavy atom. The Balaban J connectivity index is 2.33. The van der Waals surface area contributed by atoms with E-state index in [4.69, 9.17) is 10.3 Å². The van der Waals surface area contributed by atoms with Gasteiger partial charge in [0.15, 0.2) is 0 Å². The van der Waals surface area contributed by atoms with E-state index in [1.807, 2.05) is 0 Å². The van der Waals surface area contributed by atoms with Gasteiger partial charge in [0, 0.05) is 18.0 Å². The van der Waals surface area contributed by atoms with Crippen LogP contribution in [0.5, 0.6) is 0 Å². The summed E-state index contributed by atoms with van der Waals surface area (Å²) in [5, 5.41) is 3.97. The second kappa shape index (κ2) is 2.90. The lowest BCUT2D eigenvalue weighted by molar-refractivity contribution is 0.377. The van der Waals surface area contributed by atoms with Crippen molar-refractivity contribution in [3.63, 3.8) is 0 Å². The first-order chi connectivity index (χ1) is 5.86. The average Bonchev–Trinajstić information content (AvgIpc) is 2.85. The molecule has 1 aromatic heterocycles. The molecule has 66 valence electrons. The summed E-state index contributed by atoms with van der Waals surface area (Å²) in [6.07, 6.45) is 3.50. The van der Waals surface area contributed by atoms with Crippen LogP contribution in [0.4, 0.5) is 0 Å². The summed E-state index contributed by atoms with van der Waals surface area (Å²) in [7, 11) is 0. The molecule has 0 amide bonds. The smallest absolute Gasteiger partial charge is 0.143 e. The van der Waals surface area contributed by atoms with Gasteiger partial charge in [-0.15, -0.1) is 0 Å². The van der Waals surface area contributed by atoms with Crippen molar-refractivity contribution in [3.8, 4) is 0 Å². The lowest BCUT2D eigenvalue weighted by atomic mass is 10.1. The lowest BCUT2D eigenvalue weighted by Crippen LogP contribution is -2.00. The van der Waals surface area contributed by atoms with Crippen LogP contribution >= 0.6 is 0 Å². The zero-order valence-corrected chi connectivity index (χ0v) is 7.34. The Bertz CT molecular complexity index is 276. The number of hydrogen-bond donors (Lipinski definition) is 1. The number of nitrogens with two attached hydrogens (primary N) is 1. The van der Waals surface area contributed by atoms with Crippen LogP contribution in [0.25, 0.3) is 0 Å². The Labute approximate surface area is 71.9 Å². The fraction of sp³-hybridized carbons (Fsp3) is 0.667. The van der Waals surface area contributed by atoms with Gasteiger partial charge in [0.1, 0.15) is 11.5 Å². The van der Waals surface area contributed by atoms with Gasteiger partial charge in [-0.2, -0.15) is 0 Å². The van der Waals surface area contributed by atoms with Crippen molar-refractivity contribution >= 4 is 0 Å². The molecule has 3 nitrogen and oxygen atoms in total. The van der Waals surface area contributed by atoms with Gasteiger partial charge in [-0.05, 0) is 19.3 Å². The average molecular weight is 166 g/mol. The number of rotatable bonds is 3. The molecule has 1 aliphatic rings. The van der Waals surface area contributed by atoms with Gasteiger partial charge in [-0.1, -0.05) is 12.1 Å². The third-order valence-corrected chi connectivity index (χ3v) is 2.40. The van der Waals surface area contributed by atoms with E-state index in [0.29, 0.717) is 12.5 Å². The maximum absolute atomic E-state index is 5.54. The number of nitrogens with zero attached hydrogens (tertiary/aromatic N) is 1. The van der Waals surface area contributed by atoms with Gasteiger partial charge >= 0.3 is 0 Å². The van der Waals surface area contributed by atoms with Crippen molar-refractivity contribution in [1.29, 1.82) is 0 Å². The normalized spacial score (nSPS) is 16.8. The number of hydrogen-bond acceptors (Lipinski definition) is 3. The van der Waals surface area contributed by atoms with Gasteiger partial charge in [0.05, 0.1) is 0 Å². The molecule has 0 radical (unpaired) electrons. The maximum atomic E-state index is 5.54. The molecule has 0 aromatic carbocycles. The van der Waals surface area contributed by atoms with Crippen molar-refractivity contribution in [2.75, 3.05) is 0 Å². The number of aromatic nitrogens is 1.